The highest BCUT2D eigenvalue weighted by atomic mass is 16.4. The van der Waals surface area contributed by atoms with E-state index in [1.54, 1.807) is 34.9 Å². The zero-order valence-electron chi connectivity index (χ0n) is 10.4. The number of pyridine rings is 1. The molecule has 2 aromatic heterocycles. The molecule has 1 aromatic carbocycles. The number of carbonyl (C=O) groups is 1. The van der Waals surface area contributed by atoms with Crippen LogP contribution in [0, 0.1) is 0 Å². The maximum atomic E-state index is 11.1. The van der Waals surface area contributed by atoms with E-state index in [-0.39, 0.29) is 11.3 Å². The summed E-state index contributed by atoms with van der Waals surface area (Å²) in [7, 11) is 0. The van der Waals surface area contributed by atoms with Gasteiger partial charge >= 0.3 is 5.97 Å². The summed E-state index contributed by atoms with van der Waals surface area (Å²) in [6.45, 7) is 0. The lowest BCUT2D eigenvalue weighted by Gasteiger charge is -2.02. The molecule has 0 spiro atoms. The number of phenolic OH excluding ortho intramolecular Hbond substituents is 1. The Hall–Kier alpha value is -2.89. The van der Waals surface area contributed by atoms with E-state index < -0.39 is 5.97 Å². The quantitative estimate of drug-likeness (QED) is 0.756. The van der Waals surface area contributed by atoms with E-state index in [1.807, 2.05) is 6.07 Å². The van der Waals surface area contributed by atoms with Gasteiger partial charge in [-0.3, -0.25) is 4.40 Å². The summed E-state index contributed by atoms with van der Waals surface area (Å²) in [4.78, 5) is 11.1. The first-order valence-corrected chi connectivity index (χ1v) is 5.99. The Morgan fingerprint density at radius 2 is 2.05 bits per heavy atom. The Labute approximate surface area is 113 Å². The number of fused-ring (bicyclic) bond motifs is 1. The number of carboxylic acid groups (broad SMARTS) is 1. The van der Waals surface area contributed by atoms with Gasteiger partial charge in [-0.15, -0.1) is 10.2 Å². The first-order valence-electron chi connectivity index (χ1n) is 5.99. The molecule has 0 radical (unpaired) electrons. The van der Waals surface area contributed by atoms with Gasteiger partial charge in [0.05, 0.1) is 0 Å². The van der Waals surface area contributed by atoms with Crippen molar-refractivity contribution in [3.8, 4) is 5.75 Å². The summed E-state index contributed by atoms with van der Waals surface area (Å²) in [6, 6.07) is 9.98. The van der Waals surface area contributed by atoms with E-state index in [1.165, 1.54) is 6.07 Å². The summed E-state index contributed by atoms with van der Waals surface area (Å²) in [5.74, 6) is -0.233. The molecule has 3 aromatic rings. The van der Waals surface area contributed by atoms with Crippen LogP contribution < -0.4 is 0 Å². The van der Waals surface area contributed by atoms with Crippen molar-refractivity contribution in [1.82, 2.24) is 14.6 Å². The summed E-state index contributed by atoms with van der Waals surface area (Å²) in [6.07, 6.45) is 2.18. The molecule has 0 aliphatic rings. The zero-order chi connectivity index (χ0) is 14.1. The molecule has 0 fully saturated rings. The third-order valence-corrected chi connectivity index (χ3v) is 3.01. The second kappa shape index (κ2) is 4.65. The summed E-state index contributed by atoms with van der Waals surface area (Å²) in [5, 5.41) is 26.5. The van der Waals surface area contributed by atoms with Crippen LogP contribution in [-0.4, -0.2) is 30.8 Å². The van der Waals surface area contributed by atoms with Crippen molar-refractivity contribution < 1.29 is 15.0 Å². The van der Waals surface area contributed by atoms with Gasteiger partial charge < -0.3 is 10.2 Å². The van der Waals surface area contributed by atoms with Crippen molar-refractivity contribution in [3.05, 3.63) is 59.5 Å². The fraction of sp³-hybridized carbons (Fsp3) is 0.0714. The third kappa shape index (κ3) is 2.07. The van der Waals surface area contributed by atoms with Crippen LogP contribution in [0.3, 0.4) is 0 Å². The Balaban J connectivity index is 2.05. The van der Waals surface area contributed by atoms with Crippen LogP contribution in [-0.2, 0) is 6.42 Å². The van der Waals surface area contributed by atoms with Crippen molar-refractivity contribution >= 4 is 11.6 Å². The number of aromatic nitrogens is 3. The standard InChI is InChI=1S/C14H11N3O3/c18-10-4-1-3-9(7-10)8-12-15-16-13-11(14(19)20)5-2-6-17(12)13/h1-7,18H,8H2,(H,19,20). The molecule has 0 saturated heterocycles. The molecule has 6 heteroatoms. The molecule has 0 saturated carbocycles. The number of carboxylic acids is 1. The highest BCUT2D eigenvalue weighted by Gasteiger charge is 2.14. The molecule has 20 heavy (non-hydrogen) atoms. The molecular formula is C14H11N3O3. The average molecular weight is 269 g/mol. The van der Waals surface area contributed by atoms with Crippen molar-refractivity contribution in [2.45, 2.75) is 6.42 Å². The molecule has 0 atom stereocenters. The van der Waals surface area contributed by atoms with Gasteiger partial charge in [-0.05, 0) is 29.8 Å². The van der Waals surface area contributed by atoms with Crippen molar-refractivity contribution in [2.75, 3.05) is 0 Å². The molecule has 6 nitrogen and oxygen atoms in total. The van der Waals surface area contributed by atoms with Crippen LogP contribution in [0.2, 0.25) is 0 Å². The molecule has 0 amide bonds. The largest absolute Gasteiger partial charge is 0.508 e. The van der Waals surface area contributed by atoms with Gasteiger partial charge in [0.1, 0.15) is 17.1 Å². The van der Waals surface area contributed by atoms with E-state index >= 15 is 0 Å². The van der Waals surface area contributed by atoms with E-state index in [4.69, 9.17) is 5.11 Å². The maximum Gasteiger partial charge on any atom is 0.339 e. The van der Waals surface area contributed by atoms with E-state index in [2.05, 4.69) is 10.2 Å². The fourth-order valence-corrected chi connectivity index (χ4v) is 2.10. The van der Waals surface area contributed by atoms with Crippen molar-refractivity contribution in [1.29, 1.82) is 0 Å². The minimum absolute atomic E-state index is 0.113. The van der Waals surface area contributed by atoms with E-state index in [0.29, 0.717) is 17.9 Å². The Kier molecular flexibility index (Phi) is 2.83. The molecule has 0 unspecified atom stereocenters. The zero-order valence-corrected chi connectivity index (χ0v) is 10.4. The fourth-order valence-electron chi connectivity index (χ4n) is 2.10. The van der Waals surface area contributed by atoms with E-state index in [0.717, 1.165) is 5.56 Å². The number of aromatic hydroxyl groups is 1. The van der Waals surface area contributed by atoms with Crippen LogP contribution in [0.1, 0.15) is 21.7 Å². The van der Waals surface area contributed by atoms with Crippen LogP contribution in [0.4, 0.5) is 0 Å². The van der Waals surface area contributed by atoms with Crippen LogP contribution in [0.25, 0.3) is 5.65 Å². The summed E-state index contributed by atoms with van der Waals surface area (Å²) in [5.41, 5.74) is 1.30. The van der Waals surface area contributed by atoms with Gasteiger partial charge in [-0.1, -0.05) is 12.1 Å². The first kappa shape index (κ1) is 12.2. The predicted octanol–water partition coefficient (Wildman–Crippen LogP) is 1.72. The molecule has 3 rings (SSSR count). The maximum absolute atomic E-state index is 11.1. The van der Waals surface area contributed by atoms with Gasteiger partial charge in [0.2, 0.25) is 0 Å². The molecular weight excluding hydrogens is 258 g/mol. The smallest absolute Gasteiger partial charge is 0.339 e. The topological polar surface area (TPSA) is 87.7 Å². The summed E-state index contributed by atoms with van der Waals surface area (Å²) < 4.78 is 1.65. The number of benzene rings is 1. The van der Waals surface area contributed by atoms with Crippen molar-refractivity contribution in [2.24, 2.45) is 0 Å². The SMILES string of the molecule is O=C(O)c1cccn2c(Cc3cccc(O)c3)nnc12. The molecule has 0 bridgehead atoms. The van der Waals surface area contributed by atoms with Crippen molar-refractivity contribution in [3.63, 3.8) is 0 Å². The molecule has 0 aliphatic heterocycles. The van der Waals surface area contributed by atoms with Crippen LogP contribution in [0.15, 0.2) is 42.6 Å². The number of hydrogen-bond acceptors (Lipinski definition) is 4. The highest BCUT2D eigenvalue weighted by molar-refractivity contribution is 5.94. The lowest BCUT2D eigenvalue weighted by Crippen LogP contribution is -2.02. The minimum Gasteiger partial charge on any atom is -0.508 e. The summed E-state index contributed by atoms with van der Waals surface area (Å²) >= 11 is 0. The number of hydrogen-bond donors (Lipinski definition) is 2. The number of nitrogens with zero attached hydrogens (tertiary/aromatic N) is 3. The predicted molar refractivity (Wildman–Crippen MR) is 70.9 cm³/mol. The minimum atomic E-state index is -1.04. The Morgan fingerprint density at radius 1 is 1.20 bits per heavy atom. The van der Waals surface area contributed by atoms with Gasteiger partial charge in [-0.2, -0.15) is 0 Å². The lowest BCUT2D eigenvalue weighted by atomic mass is 10.1. The van der Waals surface area contributed by atoms with Gasteiger partial charge in [-0.25, -0.2) is 4.79 Å². The number of aromatic carboxylic acids is 1. The molecule has 2 N–H and O–H groups in total. The van der Waals surface area contributed by atoms with Crippen LogP contribution >= 0.6 is 0 Å². The molecule has 2 heterocycles. The van der Waals surface area contributed by atoms with Gasteiger partial charge in [0.25, 0.3) is 0 Å². The normalized spacial score (nSPS) is 10.8. The molecule has 0 aliphatic carbocycles. The van der Waals surface area contributed by atoms with Gasteiger partial charge in [0, 0.05) is 12.6 Å². The number of rotatable bonds is 3. The monoisotopic (exact) mass is 269 g/mol. The first-order chi connectivity index (χ1) is 9.65. The van der Waals surface area contributed by atoms with Crippen LogP contribution in [0.5, 0.6) is 5.75 Å². The second-order valence-electron chi connectivity index (χ2n) is 4.38. The van der Waals surface area contributed by atoms with Gasteiger partial charge in [0.15, 0.2) is 5.65 Å². The molecule has 100 valence electrons. The Morgan fingerprint density at radius 3 is 2.80 bits per heavy atom. The third-order valence-electron chi connectivity index (χ3n) is 3.01. The van der Waals surface area contributed by atoms with E-state index in [9.17, 15) is 9.90 Å². The highest BCUT2D eigenvalue weighted by Crippen LogP contribution is 2.16. The second-order valence-corrected chi connectivity index (χ2v) is 4.38. The average Bonchev–Trinajstić information content (AvgIpc) is 2.82. The number of phenols is 1. The Bertz CT molecular complexity index is 795. The lowest BCUT2D eigenvalue weighted by molar-refractivity contribution is 0.0698.